The third kappa shape index (κ3) is 7.04. The Labute approximate surface area is 185 Å². The van der Waals surface area contributed by atoms with Crippen LogP contribution in [0.1, 0.15) is 13.8 Å². The zero-order valence-electron chi connectivity index (χ0n) is 16.5. The van der Waals surface area contributed by atoms with Crippen LogP contribution in [0.2, 0.25) is 0 Å². The highest BCUT2D eigenvalue weighted by atomic mass is 32.5. The van der Waals surface area contributed by atoms with Crippen molar-refractivity contribution >= 4 is 64.1 Å². The minimum Gasteiger partial charge on any atom is -0.330 e. The van der Waals surface area contributed by atoms with Gasteiger partial charge in [-0.15, -0.1) is 11.8 Å². The molecule has 0 saturated heterocycles. The zero-order chi connectivity index (χ0) is 21.1. The van der Waals surface area contributed by atoms with E-state index in [-0.39, 0.29) is 5.88 Å². The van der Waals surface area contributed by atoms with E-state index in [0.29, 0.717) is 11.7 Å². The van der Waals surface area contributed by atoms with Crippen molar-refractivity contribution in [1.29, 1.82) is 0 Å². The number of thioether (sulfide) groups is 1. The number of nitrogens with zero attached hydrogens (tertiary/aromatic N) is 2. The average Bonchev–Trinajstić information content (AvgIpc) is 2.76. The van der Waals surface area contributed by atoms with Crippen LogP contribution in [-0.4, -0.2) is 29.9 Å². The van der Waals surface area contributed by atoms with Gasteiger partial charge in [-0.25, -0.2) is 4.79 Å². The van der Waals surface area contributed by atoms with E-state index in [2.05, 4.69) is 10.5 Å². The van der Waals surface area contributed by atoms with Crippen molar-refractivity contribution in [2.45, 2.75) is 13.8 Å². The summed E-state index contributed by atoms with van der Waals surface area (Å²) in [6.45, 7) is 4.18. The highest BCUT2D eigenvalue weighted by Crippen LogP contribution is 2.55. The fourth-order valence-electron chi connectivity index (χ4n) is 2.21. The number of hydrogen-bond acceptors (Lipinski definition) is 7. The van der Waals surface area contributed by atoms with E-state index < -0.39 is 12.5 Å². The number of amides is 1. The maximum Gasteiger partial charge on any atom is 0.434 e. The van der Waals surface area contributed by atoms with Gasteiger partial charge in [-0.3, -0.25) is 8.91 Å². The van der Waals surface area contributed by atoms with Gasteiger partial charge in [0, 0.05) is 5.30 Å². The number of para-hydroxylation sites is 1. The lowest BCUT2D eigenvalue weighted by Crippen LogP contribution is -2.28. The molecule has 0 bridgehead atoms. The van der Waals surface area contributed by atoms with Crippen LogP contribution in [0.3, 0.4) is 0 Å². The Morgan fingerprint density at radius 1 is 1.17 bits per heavy atom. The van der Waals surface area contributed by atoms with Gasteiger partial charge in [-0.2, -0.15) is 0 Å². The number of nitrogens with one attached hydrogen (secondary N) is 1. The first-order chi connectivity index (χ1) is 14.0. The molecule has 0 radical (unpaired) electrons. The Bertz CT molecular complexity index is 854. The molecule has 2 aromatic carbocycles. The largest absolute Gasteiger partial charge is 0.434 e. The molecule has 0 aliphatic heterocycles. The summed E-state index contributed by atoms with van der Waals surface area (Å²) in [5, 5.41) is 8.02. The number of carbonyl (C=O) groups excluding carboxylic acids is 1. The van der Waals surface area contributed by atoms with E-state index in [1.54, 1.807) is 6.92 Å². The number of carbonyl (C=O) groups is 1. The summed E-state index contributed by atoms with van der Waals surface area (Å²) in [6.07, 6.45) is -1.36. The molecule has 1 atom stereocenters. The molecular formula is C19H24N3O3PS3. The Balaban J connectivity index is 2.21. The number of benzene rings is 2. The SMILES string of the molecule is CCOP(=S)(c1ccccc1)N(SCNC(=O)ON=C(C)SC)c1ccccc1. The van der Waals surface area contributed by atoms with Crippen LogP contribution in [0.4, 0.5) is 10.5 Å². The lowest BCUT2D eigenvalue weighted by Gasteiger charge is -2.35. The number of rotatable bonds is 9. The van der Waals surface area contributed by atoms with Gasteiger partial charge in [0.25, 0.3) is 0 Å². The lowest BCUT2D eigenvalue weighted by molar-refractivity contribution is 0.153. The summed E-state index contributed by atoms with van der Waals surface area (Å²) in [5.41, 5.74) is 0.907. The maximum atomic E-state index is 11.9. The van der Waals surface area contributed by atoms with Gasteiger partial charge in [0.15, 0.2) is 6.42 Å². The number of oxime groups is 1. The van der Waals surface area contributed by atoms with Crippen LogP contribution in [-0.2, 0) is 21.2 Å². The highest BCUT2D eigenvalue weighted by Gasteiger charge is 2.30. The van der Waals surface area contributed by atoms with Gasteiger partial charge >= 0.3 is 6.09 Å². The second kappa shape index (κ2) is 12.2. The minimum absolute atomic E-state index is 0.250. The molecule has 0 saturated carbocycles. The standard InChI is InChI=1S/C19H24N3O3PS3/c1-4-24-26(27,18-13-9-6-10-14-18)22(17-11-7-5-8-12-17)29-15-20-19(23)25-21-16(2)28-3/h5-14H,4,15H2,1-3H3,(H,20,23). The molecule has 0 spiro atoms. The van der Waals surface area contributed by atoms with E-state index in [1.165, 1.54) is 23.7 Å². The fraction of sp³-hybridized carbons (Fsp3) is 0.263. The quantitative estimate of drug-likeness (QED) is 0.103. The van der Waals surface area contributed by atoms with Crippen LogP contribution in [0, 0.1) is 0 Å². The normalized spacial score (nSPS) is 13.4. The second-order valence-electron chi connectivity index (χ2n) is 5.53. The monoisotopic (exact) mass is 469 g/mol. The molecule has 6 nitrogen and oxygen atoms in total. The van der Waals surface area contributed by atoms with E-state index in [9.17, 15) is 4.79 Å². The van der Waals surface area contributed by atoms with Crippen LogP contribution >= 0.6 is 30.1 Å². The van der Waals surface area contributed by atoms with E-state index in [4.69, 9.17) is 21.2 Å². The fourth-order valence-corrected chi connectivity index (χ4v) is 7.29. The number of anilines is 1. The van der Waals surface area contributed by atoms with Crippen molar-refractivity contribution in [3.63, 3.8) is 0 Å². The Hall–Kier alpha value is -1.51. The Morgan fingerprint density at radius 2 is 1.79 bits per heavy atom. The molecule has 1 amide bonds. The van der Waals surface area contributed by atoms with Crippen LogP contribution in [0.25, 0.3) is 0 Å². The van der Waals surface area contributed by atoms with Crippen molar-refractivity contribution < 1.29 is 14.2 Å². The van der Waals surface area contributed by atoms with Crippen molar-refractivity contribution in [3.05, 3.63) is 60.7 Å². The van der Waals surface area contributed by atoms with E-state index >= 15 is 0 Å². The summed E-state index contributed by atoms with van der Waals surface area (Å²) in [5.74, 6) is 0.250. The van der Waals surface area contributed by atoms with Gasteiger partial charge in [-0.1, -0.05) is 41.6 Å². The Morgan fingerprint density at radius 3 is 2.38 bits per heavy atom. The Kier molecular flexibility index (Phi) is 10.0. The number of hydrogen-bond donors (Lipinski definition) is 1. The molecule has 29 heavy (non-hydrogen) atoms. The van der Waals surface area contributed by atoms with E-state index in [0.717, 1.165) is 11.0 Å². The van der Waals surface area contributed by atoms with E-state index in [1.807, 2.05) is 77.9 Å². The molecule has 1 unspecified atom stereocenters. The molecule has 2 aromatic rings. The molecule has 0 aliphatic rings. The lowest BCUT2D eigenvalue weighted by atomic mass is 10.3. The summed E-state index contributed by atoms with van der Waals surface area (Å²) in [7, 11) is 0. The van der Waals surface area contributed by atoms with Gasteiger partial charge in [0.2, 0.25) is 0 Å². The molecule has 10 heteroatoms. The van der Waals surface area contributed by atoms with Crippen molar-refractivity contribution in [1.82, 2.24) is 5.32 Å². The van der Waals surface area contributed by atoms with Crippen LogP contribution < -0.4 is 14.7 Å². The van der Waals surface area contributed by atoms with Gasteiger partial charge in [0.05, 0.1) is 18.2 Å². The first kappa shape index (κ1) is 23.8. The van der Waals surface area contributed by atoms with Crippen LogP contribution in [0.5, 0.6) is 0 Å². The molecule has 1 N–H and O–H groups in total. The molecule has 156 valence electrons. The minimum atomic E-state index is -2.59. The molecule has 2 rings (SSSR count). The van der Waals surface area contributed by atoms with Crippen molar-refractivity contribution in [3.8, 4) is 0 Å². The van der Waals surface area contributed by atoms with Gasteiger partial charge in [0.1, 0.15) is 5.04 Å². The topological polar surface area (TPSA) is 63.2 Å². The first-order valence-electron chi connectivity index (χ1n) is 8.83. The first-order valence-corrected chi connectivity index (χ1v) is 13.7. The van der Waals surface area contributed by atoms with Crippen molar-refractivity contribution in [2.24, 2.45) is 5.16 Å². The summed E-state index contributed by atoms with van der Waals surface area (Å²) < 4.78 is 8.13. The zero-order valence-corrected chi connectivity index (χ0v) is 19.8. The van der Waals surface area contributed by atoms with Gasteiger partial charge in [-0.05, 0) is 68.1 Å². The predicted octanol–water partition coefficient (Wildman–Crippen LogP) is 5.19. The molecule has 0 heterocycles. The smallest absolute Gasteiger partial charge is 0.330 e. The second-order valence-corrected chi connectivity index (χ2v) is 11.4. The van der Waals surface area contributed by atoms with Crippen LogP contribution in [0.15, 0.2) is 65.8 Å². The molecule has 0 aromatic heterocycles. The van der Waals surface area contributed by atoms with Crippen molar-refractivity contribution in [2.75, 3.05) is 22.8 Å². The third-order valence-electron chi connectivity index (χ3n) is 3.56. The molecule has 0 aliphatic carbocycles. The molecule has 0 fully saturated rings. The summed E-state index contributed by atoms with van der Waals surface area (Å²) in [6, 6.07) is 19.6. The summed E-state index contributed by atoms with van der Waals surface area (Å²) in [4.78, 5) is 16.7. The average molecular weight is 470 g/mol. The highest BCUT2D eigenvalue weighted by molar-refractivity contribution is 8.24. The third-order valence-corrected chi connectivity index (χ3v) is 10.0. The molecular weight excluding hydrogens is 445 g/mol. The maximum absolute atomic E-state index is 11.9. The predicted molar refractivity (Wildman–Crippen MR) is 130 cm³/mol. The summed E-state index contributed by atoms with van der Waals surface area (Å²) >= 11 is 8.85. The van der Waals surface area contributed by atoms with Gasteiger partial charge < -0.3 is 9.84 Å².